The highest BCUT2D eigenvalue weighted by Crippen LogP contribution is 2.27. The lowest BCUT2D eigenvalue weighted by Crippen LogP contribution is -2.27. The SMILES string of the molecule is CCOc1cc(OCCNC(C)C)cc([N+](=O)[O-])c1. The minimum atomic E-state index is -0.457. The number of non-ortho nitro benzene ring substituents is 1. The lowest BCUT2D eigenvalue weighted by atomic mass is 10.3. The van der Waals surface area contributed by atoms with Crippen molar-refractivity contribution in [1.82, 2.24) is 5.32 Å². The fourth-order valence-electron chi connectivity index (χ4n) is 1.51. The van der Waals surface area contributed by atoms with Gasteiger partial charge in [-0.05, 0) is 6.92 Å². The maximum atomic E-state index is 10.8. The second-order valence-electron chi connectivity index (χ2n) is 4.31. The molecule has 19 heavy (non-hydrogen) atoms. The van der Waals surface area contributed by atoms with E-state index in [-0.39, 0.29) is 5.69 Å². The molecule has 0 amide bonds. The summed E-state index contributed by atoms with van der Waals surface area (Å²) in [5, 5.41) is 14.0. The van der Waals surface area contributed by atoms with Crippen LogP contribution in [0.2, 0.25) is 0 Å². The molecule has 1 aromatic rings. The number of nitrogens with zero attached hydrogens (tertiary/aromatic N) is 1. The average molecular weight is 268 g/mol. The number of benzene rings is 1. The first-order valence-electron chi connectivity index (χ1n) is 6.31. The number of nitro groups is 1. The third-order valence-electron chi connectivity index (χ3n) is 2.31. The van der Waals surface area contributed by atoms with Crippen LogP contribution in [0.3, 0.4) is 0 Å². The van der Waals surface area contributed by atoms with E-state index >= 15 is 0 Å². The van der Waals surface area contributed by atoms with Crippen molar-refractivity contribution >= 4 is 5.69 Å². The summed E-state index contributed by atoms with van der Waals surface area (Å²) in [4.78, 5) is 10.4. The van der Waals surface area contributed by atoms with Crippen LogP contribution in [0.25, 0.3) is 0 Å². The summed E-state index contributed by atoms with van der Waals surface area (Å²) in [5.41, 5.74) is -0.0298. The first kappa shape index (κ1) is 15.2. The quantitative estimate of drug-likeness (QED) is 0.445. The van der Waals surface area contributed by atoms with E-state index in [9.17, 15) is 10.1 Å². The number of rotatable bonds is 8. The Morgan fingerprint density at radius 3 is 2.42 bits per heavy atom. The molecule has 1 N–H and O–H groups in total. The average Bonchev–Trinajstić information content (AvgIpc) is 2.34. The molecule has 0 aliphatic heterocycles. The highest BCUT2D eigenvalue weighted by Gasteiger charge is 2.11. The van der Waals surface area contributed by atoms with Gasteiger partial charge in [0.1, 0.15) is 18.1 Å². The van der Waals surface area contributed by atoms with E-state index in [0.29, 0.717) is 37.3 Å². The Hall–Kier alpha value is -1.82. The number of ether oxygens (including phenoxy) is 2. The van der Waals surface area contributed by atoms with Crippen LogP contribution < -0.4 is 14.8 Å². The Kier molecular flexibility index (Phi) is 6.08. The second-order valence-corrected chi connectivity index (χ2v) is 4.31. The van der Waals surface area contributed by atoms with Crippen LogP contribution in [0, 0.1) is 10.1 Å². The van der Waals surface area contributed by atoms with Crippen LogP contribution in [-0.2, 0) is 0 Å². The molecule has 0 fully saturated rings. The number of hydrogen-bond donors (Lipinski definition) is 1. The second kappa shape index (κ2) is 7.58. The van der Waals surface area contributed by atoms with Gasteiger partial charge in [-0.3, -0.25) is 10.1 Å². The monoisotopic (exact) mass is 268 g/mol. The zero-order chi connectivity index (χ0) is 14.3. The van der Waals surface area contributed by atoms with Crippen molar-refractivity contribution in [2.75, 3.05) is 19.8 Å². The summed E-state index contributed by atoms with van der Waals surface area (Å²) in [7, 11) is 0. The van der Waals surface area contributed by atoms with Crippen LogP contribution in [0.4, 0.5) is 5.69 Å². The van der Waals surface area contributed by atoms with Crippen molar-refractivity contribution in [3.05, 3.63) is 28.3 Å². The fraction of sp³-hybridized carbons (Fsp3) is 0.538. The van der Waals surface area contributed by atoms with Gasteiger partial charge in [-0.1, -0.05) is 13.8 Å². The molecule has 0 atom stereocenters. The van der Waals surface area contributed by atoms with E-state index in [1.165, 1.54) is 12.1 Å². The normalized spacial score (nSPS) is 10.5. The Balaban J connectivity index is 2.67. The molecule has 0 saturated heterocycles. The number of hydrogen-bond acceptors (Lipinski definition) is 5. The third kappa shape index (κ3) is 5.56. The predicted octanol–water partition coefficient (Wildman–Crippen LogP) is 2.37. The molecule has 0 saturated carbocycles. The van der Waals surface area contributed by atoms with Gasteiger partial charge < -0.3 is 14.8 Å². The first-order valence-corrected chi connectivity index (χ1v) is 6.31. The third-order valence-corrected chi connectivity index (χ3v) is 2.31. The smallest absolute Gasteiger partial charge is 0.276 e. The van der Waals surface area contributed by atoms with Crippen LogP contribution in [0.1, 0.15) is 20.8 Å². The van der Waals surface area contributed by atoms with Crippen molar-refractivity contribution in [3.63, 3.8) is 0 Å². The van der Waals surface area contributed by atoms with Gasteiger partial charge >= 0.3 is 0 Å². The van der Waals surface area contributed by atoms with E-state index in [1.807, 2.05) is 20.8 Å². The molecule has 0 heterocycles. The van der Waals surface area contributed by atoms with Gasteiger partial charge in [0.15, 0.2) is 0 Å². The molecule has 0 aliphatic carbocycles. The maximum absolute atomic E-state index is 10.8. The molecule has 0 bridgehead atoms. The van der Waals surface area contributed by atoms with Gasteiger partial charge in [0.25, 0.3) is 5.69 Å². The van der Waals surface area contributed by atoms with Crippen molar-refractivity contribution < 1.29 is 14.4 Å². The predicted molar refractivity (Wildman–Crippen MR) is 72.9 cm³/mol. The lowest BCUT2D eigenvalue weighted by Gasteiger charge is -2.11. The molecular formula is C13H20N2O4. The van der Waals surface area contributed by atoms with E-state index in [4.69, 9.17) is 9.47 Å². The molecule has 6 nitrogen and oxygen atoms in total. The van der Waals surface area contributed by atoms with Crippen LogP contribution >= 0.6 is 0 Å². The van der Waals surface area contributed by atoms with Crippen molar-refractivity contribution in [3.8, 4) is 11.5 Å². The molecule has 106 valence electrons. The van der Waals surface area contributed by atoms with Crippen molar-refractivity contribution in [2.45, 2.75) is 26.8 Å². The van der Waals surface area contributed by atoms with Crippen LogP contribution in [0.15, 0.2) is 18.2 Å². The van der Waals surface area contributed by atoms with Gasteiger partial charge in [0.2, 0.25) is 0 Å². The van der Waals surface area contributed by atoms with Crippen molar-refractivity contribution in [2.24, 2.45) is 0 Å². The van der Waals surface area contributed by atoms with E-state index in [2.05, 4.69) is 5.32 Å². The minimum Gasteiger partial charge on any atom is -0.493 e. The van der Waals surface area contributed by atoms with Crippen molar-refractivity contribution in [1.29, 1.82) is 0 Å². The molecular weight excluding hydrogens is 248 g/mol. The summed E-state index contributed by atoms with van der Waals surface area (Å²) in [6.45, 7) is 7.50. The molecule has 0 unspecified atom stereocenters. The zero-order valence-electron chi connectivity index (χ0n) is 11.5. The Bertz CT molecular complexity index is 421. The van der Waals surface area contributed by atoms with Gasteiger partial charge in [-0.15, -0.1) is 0 Å². The van der Waals surface area contributed by atoms with Gasteiger partial charge in [0.05, 0.1) is 23.7 Å². The van der Waals surface area contributed by atoms with Crippen LogP contribution in [0.5, 0.6) is 11.5 Å². The largest absolute Gasteiger partial charge is 0.493 e. The summed E-state index contributed by atoms with van der Waals surface area (Å²) in [6, 6.07) is 4.83. The molecule has 6 heteroatoms. The number of nitrogens with one attached hydrogen (secondary N) is 1. The van der Waals surface area contributed by atoms with E-state index < -0.39 is 4.92 Å². The topological polar surface area (TPSA) is 73.6 Å². The Labute approximate surface area is 112 Å². The van der Waals surface area contributed by atoms with Gasteiger partial charge in [-0.25, -0.2) is 0 Å². The fourth-order valence-corrected chi connectivity index (χ4v) is 1.51. The molecule has 0 radical (unpaired) electrons. The summed E-state index contributed by atoms with van der Waals surface area (Å²) >= 11 is 0. The van der Waals surface area contributed by atoms with E-state index in [1.54, 1.807) is 6.07 Å². The molecule has 0 spiro atoms. The molecule has 1 rings (SSSR count). The highest BCUT2D eigenvalue weighted by molar-refractivity contribution is 5.46. The molecule has 1 aromatic carbocycles. The lowest BCUT2D eigenvalue weighted by molar-refractivity contribution is -0.385. The van der Waals surface area contributed by atoms with Crippen LogP contribution in [-0.4, -0.2) is 30.7 Å². The Morgan fingerprint density at radius 2 is 1.89 bits per heavy atom. The zero-order valence-corrected chi connectivity index (χ0v) is 11.5. The molecule has 0 aromatic heterocycles. The summed E-state index contributed by atoms with van der Waals surface area (Å²) in [5.74, 6) is 0.895. The van der Waals surface area contributed by atoms with Gasteiger partial charge in [0, 0.05) is 18.7 Å². The van der Waals surface area contributed by atoms with Gasteiger partial charge in [-0.2, -0.15) is 0 Å². The highest BCUT2D eigenvalue weighted by atomic mass is 16.6. The molecule has 0 aliphatic rings. The number of nitro benzene ring substituents is 1. The summed E-state index contributed by atoms with van der Waals surface area (Å²) in [6.07, 6.45) is 0. The van der Waals surface area contributed by atoms with E-state index in [0.717, 1.165) is 0 Å². The minimum absolute atomic E-state index is 0.0298. The standard InChI is InChI=1S/C13H20N2O4/c1-4-18-12-7-11(15(16)17)8-13(9-12)19-6-5-14-10(2)3/h7-10,14H,4-6H2,1-3H3. The first-order chi connectivity index (χ1) is 9.02. The Morgan fingerprint density at radius 1 is 1.26 bits per heavy atom. The summed E-state index contributed by atoms with van der Waals surface area (Å²) < 4.78 is 10.8. The maximum Gasteiger partial charge on any atom is 0.276 e.